The summed E-state index contributed by atoms with van der Waals surface area (Å²) in [7, 11) is 0. The van der Waals surface area contributed by atoms with Gasteiger partial charge in [-0.15, -0.1) is 0 Å². The highest BCUT2D eigenvalue weighted by Gasteiger charge is 2.52. The molecular weight excluding hydrogens is 727 g/mol. The van der Waals surface area contributed by atoms with Gasteiger partial charge in [-0.2, -0.15) is 0 Å². The summed E-state index contributed by atoms with van der Waals surface area (Å²) in [4.78, 5) is 2.50. The summed E-state index contributed by atoms with van der Waals surface area (Å²) < 4.78 is 6.92. The third-order valence-corrected chi connectivity index (χ3v) is 14.5. The zero-order chi connectivity index (χ0) is 40.5. The number of nitrogens with zero attached hydrogens (tertiary/aromatic N) is 1. The van der Waals surface area contributed by atoms with Crippen LogP contribution in [0, 0.1) is 6.92 Å². The maximum atomic E-state index is 6.92. The van der Waals surface area contributed by atoms with Crippen LogP contribution in [0.15, 0.2) is 174 Å². The number of hydrogen-bond acceptors (Lipinski definition) is 2. The first-order valence-corrected chi connectivity index (χ1v) is 21.6. The van der Waals surface area contributed by atoms with E-state index in [1.165, 1.54) is 72.3 Å². The summed E-state index contributed by atoms with van der Waals surface area (Å²) in [6, 6.07) is 63.5. The third kappa shape index (κ3) is 4.65. The smallest absolute Gasteiger partial charge is 0.159 e. The minimum absolute atomic E-state index is 0.0265. The topological polar surface area (TPSA) is 16.4 Å². The molecule has 2 nitrogen and oxygen atoms in total. The average Bonchev–Trinajstić information content (AvgIpc) is 3.90. The van der Waals surface area contributed by atoms with Crippen molar-refractivity contribution in [3.05, 3.63) is 209 Å². The molecule has 2 heteroatoms. The molecule has 1 aromatic heterocycles. The van der Waals surface area contributed by atoms with E-state index < -0.39 is 5.41 Å². The third-order valence-electron chi connectivity index (χ3n) is 14.5. The van der Waals surface area contributed by atoms with Gasteiger partial charge >= 0.3 is 0 Å². The highest BCUT2D eigenvalue weighted by molar-refractivity contribution is 6.11. The molecule has 0 radical (unpaired) electrons. The lowest BCUT2D eigenvalue weighted by Gasteiger charge is -2.44. The zero-order valence-corrected chi connectivity index (χ0v) is 34.9. The lowest BCUT2D eigenvalue weighted by atomic mass is 9.61. The number of benzene rings is 8. The van der Waals surface area contributed by atoms with Gasteiger partial charge in [0.1, 0.15) is 5.58 Å². The molecule has 8 aromatic carbocycles. The fourth-order valence-corrected chi connectivity index (χ4v) is 11.6. The van der Waals surface area contributed by atoms with E-state index in [1.807, 2.05) is 0 Å². The summed E-state index contributed by atoms with van der Waals surface area (Å²) in [5.74, 6) is 0. The maximum absolute atomic E-state index is 6.92. The number of anilines is 3. The van der Waals surface area contributed by atoms with Crippen LogP contribution in [0.4, 0.5) is 17.1 Å². The van der Waals surface area contributed by atoms with Crippen molar-refractivity contribution in [3.8, 4) is 33.4 Å². The van der Waals surface area contributed by atoms with Gasteiger partial charge in [0, 0.05) is 22.0 Å². The quantitative estimate of drug-likeness (QED) is 0.177. The van der Waals surface area contributed by atoms with Crippen molar-refractivity contribution >= 4 is 39.0 Å². The Balaban J connectivity index is 1.27. The summed E-state index contributed by atoms with van der Waals surface area (Å²) in [5, 5.41) is 2.24. The molecule has 3 aliphatic carbocycles. The summed E-state index contributed by atoms with van der Waals surface area (Å²) in [6.07, 6.45) is 2.29. The number of aryl methyl sites for hydroxylation is 1. The molecule has 60 heavy (non-hydrogen) atoms. The van der Waals surface area contributed by atoms with Crippen molar-refractivity contribution in [1.29, 1.82) is 0 Å². The number of rotatable bonds is 4. The highest BCUT2D eigenvalue weighted by Crippen LogP contribution is 2.65. The monoisotopic (exact) mass is 773 g/mol. The van der Waals surface area contributed by atoms with Gasteiger partial charge in [0.2, 0.25) is 0 Å². The van der Waals surface area contributed by atoms with Crippen LogP contribution in [0.1, 0.15) is 79.5 Å². The van der Waals surface area contributed by atoms with Crippen molar-refractivity contribution in [2.45, 2.75) is 63.7 Å². The van der Waals surface area contributed by atoms with Gasteiger partial charge in [-0.1, -0.05) is 161 Å². The molecule has 3 aliphatic rings. The van der Waals surface area contributed by atoms with Gasteiger partial charge in [-0.3, -0.25) is 0 Å². The Hall–Kier alpha value is -6.64. The number of hydrogen-bond donors (Lipinski definition) is 0. The van der Waals surface area contributed by atoms with Crippen molar-refractivity contribution in [2.75, 3.05) is 4.90 Å². The van der Waals surface area contributed by atoms with Gasteiger partial charge in [0.25, 0.3) is 0 Å². The van der Waals surface area contributed by atoms with E-state index in [9.17, 15) is 0 Å². The van der Waals surface area contributed by atoms with E-state index in [2.05, 4.69) is 209 Å². The first-order valence-electron chi connectivity index (χ1n) is 21.6. The van der Waals surface area contributed by atoms with Crippen LogP contribution >= 0.6 is 0 Å². The second-order valence-electron chi connectivity index (χ2n) is 18.7. The van der Waals surface area contributed by atoms with Crippen LogP contribution in [-0.2, 0) is 16.2 Å². The van der Waals surface area contributed by atoms with Gasteiger partial charge in [-0.25, -0.2) is 0 Å². The summed E-state index contributed by atoms with van der Waals surface area (Å²) in [6.45, 7) is 12.2. The van der Waals surface area contributed by atoms with Crippen LogP contribution in [0.5, 0.6) is 0 Å². The van der Waals surface area contributed by atoms with Crippen LogP contribution in [0.25, 0.3) is 55.3 Å². The molecule has 12 rings (SSSR count). The second-order valence-corrected chi connectivity index (χ2v) is 18.7. The molecule has 0 amide bonds. The summed E-state index contributed by atoms with van der Waals surface area (Å²) >= 11 is 0. The van der Waals surface area contributed by atoms with E-state index in [1.54, 1.807) is 0 Å². The minimum Gasteiger partial charge on any atom is -0.454 e. The highest BCUT2D eigenvalue weighted by atomic mass is 16.3. The van der Waals surface area contributed by atoms with E-state index in [0.29, 0.717) is 0 Å². The molecule has 0 fully saturated rings. The predicted molar refractivity (Wildman–Crippen MR) is 250 cm³/mol. The SMILES string of the molecule is Cc1ccc2c(c1-c1cc3c(cc1N(c1ccccc1)c1cccc4c1oc1ccccc14)C1(c4ccccc4-c4ccccc41)c1ccccc1-3)C(C)(C)CCC2(C)C. The number of furan rings is 1. The molecule has 290 valence electrons. The Morgan fingerprint density at radius 1 is 0.450 bits per heavy atom. The molecule has 0 unspecified atom stereocenters. The molecule has 1 heterocycles. The lowest BCUT2D eigenvalue weighted by Crippen LogP contribution is -2.34. The van der Waals surface area contributed by atoms with Crippen molar-refractivity contribution in [2.24, 2.45) is 0 Å². The minimum atomic E-state index is -0.494. The molecule has 0 atom stereocenters. The van der Waals surface area contributed by atoms with Crippen molar-refractivity contribution in [3.63, 3.8) is 0 Å². The second kappa shape index (κ2) is 12.4. The fraction of sp³-hybridized carbons (Fsp3) is 0.172. The van der Waals surface area contributed by atoms with Crippen LogP contribution in [-0.4, -0.2) is 0 Å². The van der Waals surface area contributed by atoms with Crippen LogP contribution < -0.4 is 4.90 Å². The first-order chi connectivity index (χ1) is 29.2. The van der Waals surface area contributed by atoms with E-state index >= 15 is 0 Å². The predicted octanol–water partition coefficient (Wildman–Crippen LogP) is 15.7. The summed E-state index contributed by atoms with van der Waals surface area (Å²) in [5.41, 5.74) is 22.0. The molecule has 9 aromatic rings. The van der Waals surface area contributed by atoms with Crippen LogP contribution in [0.2, 0.25) is 0 Å². The average molecular weight is 774 g/mol. The van der Waals surface area contributed by atoms with Gasteiger partial charge < -0.3 is 9.32 Å². The van der Waals surface area contributed by atoms with E-state index in [0.717, 1.165) is 51.8 Å². The molecule has 0 bridgehead atoms. The zero-order valence-electron chi connectivity index (χ0n) is 34.9. The maximum Gasteiger partial charge on any atom is 0.159 e. The Morgan fingerprint density at radius 3 is 1.73 bits per heavy atom. The van der Waals surface area contributed by atoms with Gasteiger partial charge in [0.05, 0.1) is 16.8 Å². The molecule has 0 N–H and O–H groups in total. The standard InChI is InChI=1S/C58H47NO/c1-36-30-31-48-54(57(4,5)33-32-56(48,2)3)53(36)44-34-43-40-22-11-15-27-47(40)58(45-25-13-9-20-38(45)39-21-10-14-26-46(39)58)49(43)35-51(44)59(37-18-7-6-8-19-37)50-28-17-24-42-41-23-12-16-29-52(41)60-55(42)50/h6-31,34-35H,32-33H2,1-5H3. The Bertz CT molecular complexity index is 3190. The van der Waals surface area contributed by atoms with Crippen LogP contribution in [0.3, 0.4) is 0 Å². The first kappa shape index (κ1) is 35.3. The molecule has 0 saturated heterocycles. The number of fused-ring (bicyclic) bond motifs is 14. The molecule has 0 saturated carbocycles. The Kier molecular flexibility index (Phi) is 7.32. The Labute approximate surface area is 352 Å². The van der Waals surface area contributed by atoms with Crippen molar-refractivity contribution in [1.82, 2.24) is 0 Å². The lowest BCUT2D eigenvalue weighted by molar-refractivity contribution is 0.332. The molecular formula is C58H47NO. The van der Waals surface area contributed by atoms with Gasteiger partial charge in [0.15, 0.2) is 5.58 Å². The van der Waals surface area contributed by atoms with Crippen molar-refractivity contribution < 1.29 is 4.42 Å². The van der Waals surface area contributed by atoms with Gasteiger partial charge in [-0.05, 0) is 134 Å². The molecule has 0 aliphatic heterocycles. The molecule has 1 spiro atoms. The normalized spacial score (nSPS) is 16.0. The Morgan fingerprint density at radius 2 is 1.03 bits per heavy atom. The largest absolute Gasteiger partial charge is 0.454 e. The fourth-order valence-electron chi connectivity index (χ4n) is 11.6. The number of para-hydroxylation sites is 3. The van der Waals surface area contributed by atoms with E-state index in [-0.39, 0.29) is 10.8 Å². The van der Waals surface area contributed by atoms with E-state index in [4.69, 9.17) is 4.42 Å².